The van der Waals surface area contributed by atoms with Crippen LogP contribution in [-0.2, 0) is 6.54 Å². The molecular weight excluding hydrogens is 230 g/mol. The second-order valence-electron chi connectivity index (χ2n) is 4.41. The molecule has 0 saturated carbocycles. The number of thiophene rings is 1. The molecule has 1 aliphatic rings. The summed E-state index contributed by atoms with van der Waals surface area (Å²) < 4.78 is 2.09. The van der Waals surface area contributed by atoms with Gasteiger partial charge < -0.3 is 4.90 Å². The number of pyridine rings is 1. The van der Waals surface area contributed by atoms with Gasteiger partial charge in [0.2, 0.25) is 0 Å². The first-order valence-electron chi connectivity index (χ1n) is 5.88. The van der Waals surface area contributed by atoms with Crippen LogP contribution in [0.1, 0.15) is 12.0 Å². The number of nitrogens with zero attached hydrogens (tertiary/aromatic N) is 2. The molecule has 0 unspecified atom stereocenters. The predicted molar refractivity (Wildman–Crippen MR) is 71.3 cm³/mol. The van der Waals surface area contributed by atoms with Crippen molar-refractivity contribution in [1.82, 2.24) is 0 Å². The van der Waals surface area contributed by atoms with E-state index in [1.165, 1.54) is 17.7 Å². The van der Waals surface area contributed by atoms with E-state index in [1.807, 2.05) is 0 Å². The smallest absolute Gasteiger partial charge is 0.274 e. The summed E-state index contributed by atoms with van der Waals surface area (Å²) in [6.45, 7) is 3.18. The van der Waals surface area contributed by atoms with Crippen molar-refractivity contribution < 1.29 is 4.57 Å². The van der Waals surface area contributed by atoms with Gasteiger partial charge in [0.25, 0.3) is 5.82 Å². The van der Waals surface area contributed by atoms with E-state index in [2.05, 4.69) is 44.6 Å². The molecule has 0 aromatic carbocycles. The zero-order valence-electron chi connectivity index (χ0n) is 9.67. The minimum Gasteiger partial charge on any atom is -0.371 e. The maximum Gasteiger partial charge on any atom is 0.274 e. The molecule has 3 heterocycles. The van der Waals surface area contributed by atoms with Gasteiger partial charge in [0.15, 0.2) is 0 Å². The molecule has 4 heteroatoms. The zero-order chi connectivity index (χ0) is 11.7. The summed E-state index contributed by atoms with van der Waals surface area (Å²) in [6.07, 6.45) is 3.38. The fourth-order valence-electron chi connectivity index (χ4n) is 2.03. The van der Waals surface area contributed by atoms with E-state index in [0.29, 0.717) is 0 Å². The number of aromatic nitrogens is 1. The molecule has 88 valence electrons. The van der Waals surface area contributed by atoms with Gasteiger partial charge >= 0.3 is 0 Å². The predicted octanol–water partition coefficient (Wildman–Crippen LogP) is 1.88. The van der Waals surface area contributed by atoms with Crippen LogP contribution in [-0.4, -0.2) is 13.1 Å². The molecular formula is C13H16N3S+. The minimum absolute atomic E-state index is 0.834. The average Bonchev–Trinajstić information content (AvgIpc) is 2.72. The van der Waals surface area contributed by atoms with Gasteiger partial charge in [0, 0.05) is 30.4 Å². The molecule has 1 aliphatic heterocycles. The third-order valence-electron chi connectivity index (χ3n) is 3.21. The van der Waals surface area contributed by atoms with E-state index in [-0.39, 0.29) is 0 Å². The molecule has 2 N–H and O–H groups in total. The lowest BCUT2D eigenvalue weighted by Gasteiger charge is -2.32. The van der Waals surface area contributed by atoms with Gasteiger partial charge in [0.05, 0.1) is 12.3 Å². The van der Waals surface area contributed by atoms with E-state index in [4.69, 9.17) is 5.73 Å². The standard InChI is InChI=1S/C13H15N3S/c14-13-8-12(15-4-1-5-15)2-6-16(13)9-11-3-7-17-10-11/h2-3,6-8,10,14H,1,4-5,9H2/p+1. The van der Waals surface area contributed by atoms with Gasteiger partial charge in [-0.2, -0.15) is 11.3 Å². The lowest BCUT2D eigenvalue weighted by Crippen LogP contribution is -2.40. The Kier molecular flexibility index (Phi) is 2.73. The highest BCUT2D eigenvalue weighted by Crippen LogP contribution is 2.20. The largest absolute Gasteiger partial charge is 0.371 e. The minimum atomic E-state index is 0.834. The van der Waals surface area contributed by atoms with Gasteiger partial charge in [-0.1, -0.05) is 0 Å². The number of nitrogen functional groups attached to an aromatic ring is 1. The highest BCUT2D eigenvalue weighted by atomic mass is 32.1. The van der Waals surface area contributed by atoms with Crippen LogP contribution in [0.25, 0.3) is 0 Å². The van der Waals surface area contributed by atoms with E-state index in [9.17, 15) is 0 Å². The Morgan fingerprint density at radius 3 is 2.82 bits per heavy atom. The Morgan fingerprint density at radius 1 is 1.35 bits per heavy atom. The number of anilines is 2. The highest BCUT2D eigenvalue weighted by molar-refractivity contribution is 7.07. The highest BCUT2D eigenvalue weighted by Gasteiger charge is 2.16. The maximum absolute atomic E-state index is 6.09. The second-order valence-corrected chi connectivity index (χ2v) is 5.19. The first-order valence-corrected chi connectivity index (χ1v) is 6.82. The van der Waals surface area contributed by atoms with E-state index >= 15 is 0 Å². The van der Waals surface area contributed by atoms with Crippen LogP contribution in [0.4, 0.5) is 11.5 Å². The summed E-state index contributed by atoms with van der Waals surface area (Å²) >= 11 is 1.72. The molecule has 0 radical (unpaired) electrons. The van der Waals surface area contributed by atoms with Crippen molar-refractivity contribution in [1.29, 1.82) is 0 Å². The monoisotopic (exact) mass is 246 g/mol. The Hall–Kier alpha value is -1.55. The molecule has 2 aromatic heterocycles. The quantitative estimate of drug-likeness (QED) is 0.839. The van der Waals surface area contributed by atoms with Crippen LogP contribution < -0.4 is 15.2 Å². The van der Waals surface area contributed by atoms with Crippen LogP contribution in [0.3, 0.4) is 0 Å². The normalized spacial score (nSPS) is 14.7. The third-order valence-corrected chi connectivity index (χ3v) is 3.94. The fourth-order valence-corrected chi connectivity index (χ4v) is 2.69. The summed E-state index contributed by atoms with van der Waals surface area (Å²) in [5.41, 5.74) is 8.65. The van der Waals surface area contributed by atoms with Gasteiger partial charge in [-0.3, -0.25) is 5.73 Å². The molecule has 1 saturated heterocycles. The lowest BCUT2D eigenvalue weighted by atomic mass is 10.2. The molecule has 0 spiro atoms. The SMILES string of the molecule is Nc1cc(N2CCC2)cc[n+]1Cc1ccsc1. The van der Waals surface area contributed by atoms with Gasteiger partial charge in [-0.25, -0.2) is 4.57 Å². The van der Waals surface area contributed by atoms with Crippen molar-refractivity contribution >= 4 is 22.8 Å². The Morgan fingerprint density at radius 2 is 2.24 bits per heavy atom. The Labute approximate surface area is 105 Å². The molecule has 2 aromatic rings. The van der Waals surface area contributed by atoms with Gasteiger partial charge in [-0.05, 0) is 23.2 Å². The summed E-state index contributed by atoms with van der Waals surface area (Å²) in [4.78, 5) is 2.35. The molecule has 17 heavy (non-hydrogen) atoms. The summed E-state index contributed by atoms with van der Waals surface area (Å²) in [5, 5.41) is 4.26. The van der Waals surface area contributed by atoms with Crippen LogP contribution >= 0.6 is 11.3 Å². The first-order chi connectivity index (χ1) is 8.33. The molecule has 1 fully saturated rings. The molecule has 0 bridgehead atoms. The third kappa shape index (κ3) is 2.13. The summed E-state index contributed by atoms with van der Waals surface area (Å²) in [6, 6.07) is 6.37. The van der Waals surface area contributed by atoms with Crippen molar-refractivity contribution in [2.24, 2.45) is 0 Å². The van der Waals surface area contributed by atoms with E-state index < -0.39 is 0 Å². The number of hydrogen-bond donors (Lipinski definition) is 1. The van der Waals surface area contributed by atoms with Crippen molar-refractivity contribution in [2.45, 2.75) is 13.0 Å². The van der Waals surface area contributed by atoms with E-state index in [0.717, 1.165) is 25.5 Å². The van der Waals surface area contributed by atoms with Gasteiger partial charge in [-0.15, -0.1) is 0 Å². The zero-order valence-corrected chi connectivity index (χ0v) is 10.5. The lowest BCUT2D eigenvalue weighted by molar-refractivity contribution is -0.673. The van der Waals surface area contributed by atoms with Gasteiger partial charge in [0.1, 0.15) is 6.54 Å². The number of hydrogen-bond acceptors (Lipinski definition) is 3. The summed E-state index contributed by atoms with van der Waals surface area (Å²) in [7, 11) is 0. The average molecular weight is 246 g/mol. The fraction of sp³-hybridized carbons (Fsp3) is 0.308. The molecule has 3 rings (SSSR count). The number of rotatable bonds is 3. The second kappa shape index (κ2) is 4.37. The maximum atomic E-state index is 6.09. The van der Waals surface area contributed by atoms with Crippen LogP contribution in [0, 0.1) is 0 Å². The topological polar surface area (TPSA) is 33.1 Å². The van der Waals surface area contributed by atoms with E-state index in [1.54, 1.807) is 11.3 Å². The van der Waals surface area contributed by atoms with Crippen molar-refractivity contribution in [3.63, 3.8) is 0 Å². The van der Waals surface area contributed by atoms with Crippen molar-refractivity contribution in [3.8, 4) is 0 Å². The Bertz CT molecular complexity index is 503. The Balaban J connectivity index is 1.81. The van der Waals surface area contributed by atoms with Crippen LogP contribution in [0.2, 0.25) is 0 Å². The molecule has 3 nitrogen and oxygen atoms in total. The number of nitrogens with two attached hydrogens (primary N) is 1. The summed E-state index contributed by atoms with van der Waals surface area (Å²) in [5.74, 6) is 0.834. The first kappa shape index (κ1) is 10.6. The van der Waals surface area contributed by atoms with Crippen molar-refractivity contribution in [2.75, 3.05) is 23.7 Å². The molecule has 0 amide bonds. The van der Waals surface area contributed by atoms with Crippen LogP contribution in [0.5, 0.6) is 0 Å². The van der Waals surface area contributed by atoms with Crippen LogP contribution in [0.15, 0.2) is 35.2 Å². The van der Waals surface area contributed by atoms with Crippen molar-refractivity contribution in [3.05, 3.63) is 40.7 Å². The molecule has 0 atom stereocenters. The molecule has 0 aliphatic carbocycles.